The Kier molecular flexibility index (Phi) is 14.2. The highest BCUT2D eigenvalue weighted by Crippen LogP contribution is 2.51. The van der Waals surface area contributed by atoms with Crippen LogP contribution in [0.25, 0.3) is 11.1 Å². The van der Waals surface area contributed by atoms with Crippen LogP contribution in [0.1, 0.15) is 50.7 Å². The first-order valence-electron chi connectivity index (χ1n) is 14.7. The topological polar surface area (TPSA) is 101 Å². The van der Waals surface area contributed by atoms with E-state index in [9.17, 15) is 9.13 Å². The van der Waals surface area contributed by atoms with E-state index in [1.807, 2.05) is 100 Å². The van der Waals surface area contributed by atoms with Gasteiger partial charge in [-0.25, -0.2) is 4.57 Å². The van der Waals surface area contributed by atoms with Crippen LogP contribution in [0.4, 0.5) is 0 Å². The molecule has 0 saturated heterocycles. The fourth-order valence-electron chi connectivity index (χ4n) is 3.72. The molecule has 236 valence electrons. The normalized spacial score (nSPS) is 11.3. The van der Waals surface area contributed by atoms with E-state index in [1.165, 1.54) is 0 Å². The van der Waals surface area contributed by atoms with Crippen molar-refractivity contribution >= 4 is 15.6 Å². The highest BCUT2D eigenvalue weighted by Gasteiger charge is 2.34. The van der Waals surface area contributed by atoms with Crippen molar-refractivity contribution < 1.29 is 36.6 Å². The Hall–Kier alpha value is -3.38. The van der Waals surface area contributed by atoms with Crippen LogP contribution in [0, 0.1) is 13.8 Å². The molecule has 4 rings (SSSR count). The molecule has 0 aliphatic heterocycles. The largest absolute Gasteiger partial charge is 0.647 e. The predicted molar refractivity (Wildman–Crippen MR) is 175 cm³/mol. The molecule has 0 fully saturated rings. The van der Waals surface area contributed by atoms with Crippen molar-refractivity contribution in [2.24, 2.45) is 0 Å². The molecule has 0 saturated carbocycles. The molecule has 1 N–H and O–H groups in total. The first-order chi connectivity index (χ1) is 21.1. The molecule has 44 heavy (non-hydrogen) atoms. The summed E-state index contributed by atoms with van der Waals surface area (Å²) in [6.45, 7) is 8.50. The molecule has 0 heterocycles. The Bertz CT molecular complexity index is 1430. The minimum absolute atomic E-state index is 0.288. The molecule has 0 unspecified atom stereocenters. The lowest BCUT2D eigenvalue weighted by molar-refractivity contribution is 0.146. The summed E-state index contributed by atoms with van der Waals surface area (Å²) in [6.07, 6.45) is 3.44. The number of phosphoric acid groups is 2. The Morgan fingerprint density at radius 1 is 0.591 bits per heavy atom. The second kappa shape index (κ2) is 17.8. The number of benzene rings is 4. The lowest BCUT2D eigenvalue weighted by atomic mass is 10.1. The maximum Gasteiger partial charge on any atom is 0.647 e. The third-order valence-electron chi connectivity index (χ3n) is 6.16. The minimum atomic E-state index is -4.06. The lowest BCUT2D eigenvalue weighted by Gasteiger charge is -2.21. The molecule has 0 aliphatic rings. The van der Waals surface area contributed by atoms with Crippen molar-refractivity contribution in [3.8, 4) is 28.4 Å². The standard InChI is InChI=1S/C26H23O4P.C8H19O4P/c1-20-12-16-23(17-13-20)28-31(27,29-24-18-14-21(2)15-19-24)30-26-11-7-6-10-25(26)22-8-4-3-5-9-22;1-3-5-7-11-13(9,10)12-8-6-4-2/h3-19H,1-2H3;3-8H2,1-2H3,(H,9,10). The molecule has 0 radical (unpaired) electrons. The lowest BCUT2D eigenvalue weighted by Crippen LogP contribution is -2.08. The molecule has 0 aromatic heterocycles. The van der Waals surface area contributed by atoms with Crippen LogP contribution in [0.5, 0.6) is 17.2 Å². The Morgan fingerprint density at radius 2 is 1.05 bits per heavy atom. The van der Waals surface area contributed by atoms with E-state index in [-0.39, 0.29) is 13.2 Å². The van der Waals surface area contributed by atoms with E-state index < -0.39 is 15.6 Å². The van der Waals surface area contributed by atoms with Crippen molar-refractivity contribution in [3.63, 3.8) is 0 Å². The van der Waals surface area contributed by atoms with Crippen molar-refractivity contribution in [2.75, 3.05) is 13.2 Å². The van der Waals surface area contributed by atoms with Gasteiger partial charge in [-0.15, -0.1) is 0 Å². The van der Waals surface area contributed by atoms with Gasteiger partial charge in [0.15, 0.2) is 0 Å². The van der Waals surface area contributed by atoms with Crippen LogP contribution in [-0.4, -0.2) is 18.1 Å². The zero-order valence-electron chi connectivity index (χ0n) is 25.8. The Balaban J connectivity index is 0.000000345. The summed E-state index contributed by atoms with van der Waals surface area (Å²) in [5, 5.41) is 0. The van der Waals surface area contributed by atoms with Gasteiger partial charge < -0.3 is 18.5 Å². The summed E-state index contributed by atoms with van der Waals surface area (Å²) in [7, 11) is -7.81. The summed E-state index contributed by atoms with van der Waals surface area (Å²) in [4.78, 5) is 9.08. The van der Waals surface area contributed by atoms with Gasteiger partial charge in [-0.05, 0) is 62.6 Å². The molecule has 0 spiro atoms. The molecular weight excluding hydrogens is 598 g/mol. The van der Waals surface area contributed by atoms with E-state index >= 15 is 0 Å². The first-order valence-corrected chi connectivity index (χ1v) is 17.7. The fourth-order valence-corrected chi connectivity index (χ4v) is 5.79. The van der Waals surface area contributed by atoms with Crippen LogP contribution in [-0.2, 0) is 18.2 Å². The smallest absolute Gasteiger partial charge is 0.386 e. The van der Waals surface area contributed by atoms with Crippen molar-refractivity contribution in [1.29, 1.82) is 0 Å². The number of phosphoric ester groups is 2. The van der Waals surface area contributed by atoms with Crippen LogP contribution in [0.3, 0.4) is 0 Å². The maximum absolute atomic E-state index is 13.8. The molecule has 0 bridgehead atoms. The summed E-state index contributed by atoms with van der Waals surface area (Å²) >= 11 is 0. The number of hydrogen-bond donors (Lipinski definition) is 1. The van der Waals surface area contributed by atoms with E-state index in [2.05, 4.69) is 0 Å². The Morgan fingerprint density at radius 3 is 1.52 bits per heavy atom. The van der Waals surface area contributed by atoms with Gasteiger partial charge in [0.05, 0.1) is 13.2 Å². The summed E-state index contributed by atoms with van der Waals surface area (Å²) in [5.74, 6) is 1.22. The number of para-hydroxylation sites is 1. The van der Waals surface area contributed by atoms with Crippen LogP contribution < -0.4 is 13.6 Å². The molecule has 4 aromatic carbocycles. The first kappa shape index (κ1) is 35.1. The number of rotatable bonds is 15. The van der Waals surface area contributed by atoms with Gasteiger partial charge in [0.1, 0.15) is 17.2 Å². The summed E-state index contributed by atoms with van der Waals surface area (Å²) in [5.41, 5.74) is 3.87. The minimum Gasteiger partial charge on any atom is -0.386 e. The number of hydrogen-bond acceptors (Lipinski definition) is 7. The van der Waals surface area contributed by atoms with Gasteiger partial charge in [-0.3, -0.25) is 9.05 Å². The van der Waals surface area contributed by atoms with Crippen LogP contribution >= 0.6 is 15.6 Å². The quantitative estimate of drug-likeness (QED) is 0.101. The van der Waals surface area contributed by atoms with Gasteiger partial charge in [0, 0.05) is 5.56 Å². The molecule has 10 heteroatoms. The summed E-state index contributed by atoms with van der Waals surface area (Å²) < 4.78 is 51.9. The average Bonchev–Trinajstić information content (AvgIpc) is 3.01. The molecule has 4 aromatic rings. The van der Waals surface area contributed by atoms with Gasteiger partial charge >= 0.3 is 15.6 Å². The highest BCUT2D eigenvalue weighted by molar-refractivity contribution is 7.49. The van der Waals surface area contributed by atoms with E-state index in [0.717, 1.165) is 47.9 Å². The number of aryl methyl sites for hydroxylation is 2. The zero-order valence-corrected chi connectivity index (χ0v) is 27.5. The van der Waals surface area contributed by atoms with Crippen LogP contribution in [0.15, 0.2) is 103 Å². The highest BCUT2D eigenvalue weighted by atomic mass is 31.2. The predicted octanol–water partition coefficient (Wildman–Crippen LogP) is 10.3. The second-order valence-electron chi connectivity index (χ2n) is 10.1. The molecule has 0 atom stereocenters. The third-order valence-corrected chi connectivity index (χ3v) is 8.47. The van der Waals surface area contributed by atoms with Crippen molar-refractivity contribution in [2.45, 2.75) is 53.4 Å². The fraction of sp³-hybridized carbons (Fsp3) is 0.294. The zero-order chi connectivity index (χ0) is 31.8. The maximum atomic E-state index is 13.8. The van der Waals surface area contributed by atoms with Gasteiger partial charge in [-0.1, -0.05) is 111 Å². The number of unbranched alkanes of at least 4 members (excludes halogenated alkanes) is 2. The molecular formula is C34H42O8P2. The van der Waals surface area contributed by atoms with E-state index in [4.69, 9.17) is 27.5 Å². The van der Waals surface area contributed by atoms with E-state index in [1.54, 1.807) is 30.3 Å². The van der Waals surface area contributed by atoms with Gasteiger partial charge in [-0.2, -0.15) is 4.57 Å². The Labute approximate surface area is 261 Å². The molecule has 8 nitrogen and oxygen atoms in total. The van der Waals surface area contributed by atoms with E-state index in [0.29, 0.717) is 17.2 Å². The van der Waals surface area contributed by atoms with Crippen molar-refractivity contribution in [3.05, 3.63) is 114 Å². The van der Waals surface area contributed by atoms with Gasteiger partial charge in [0.2, 0.25) is 0 Å². The monoisotopic (exact) mass is 640 g/mol. The second-order valence-corrected chi connectivity index (χ2v) is 12.9. The summed E-state index contributed by atoms with van der Waals surface area (Å²) in [6, 6.07) is 31.6. The van der Waals surface area contributed by atoms with Gasteiger partial charge in [0.25, 0.3) is 0 Å². The average molecular weight is 641 g/mol. The SMILES string of the molecule is CCCCOP(=O)(O)OCCCC.Cc1ccc(OP(=O)(Oc2ccc(C)cc2)Oc2ccccc2-c2ccccc2)cc1. The molecule has 0 amide bonds. The van der Waals surface area contributed by atoms with Crippen LogP contribution in [0.2, 0.25) is 0 Å². The molecule has 0 aliphatic carbocycles. The van der Waals surface area contributed by atoms with Crippen molar-refractivity contribution in [1.82, 2.24) is 0 Å². The third kappa shape index (κ3) is 12.3.